The average Bonchev–Trinajstić information content (AvgIpc) is 2.72. The summed E-state index contributed by atoms with van der Waals surface area (Å²) in [6, 6.07) is 4.95. The Labute approximate surface area is 213 Å². The average molecular weight is 591 g/mol. The Morgan fingerprint density at radius 3 is 2.15 bits per heavy atom. The largest absolute Gasteiger partial charge is 0.481 e. The molecule has 1 rings (SSSR count). The van der Waals surface area contributed by atoms with E-state index in [4.69, 9.17) is 9.84 Å². The summed E-state index contributed by atoms with van der Waals surface area (Å²) in [4.78, 5) is 47.0. The first kappa shape index (κ1) is 29.6. The zero-order valence-corrected chi connectivity index (χ0v) is 21.9. The number of benzene rings is 1. The number of hydrogen-bond acceptors (Lipinski definition) is 6. The van der Waals surface area contributed by atoms with E-state index in [2.05, 4.69) is 50.7 Å². The minimum atomic E-state index is -1.39. The van der Waals surface area contributed by atoms with Crippen molar-refractivity contribution in [2.45, 2.75) is 77.1 Å². The molecule has 0 unspecified atom stereocenters. The molecular formula is C23H34IN3O7. The first-order valence-electron chi connectivity index (χ1n) is 11.1. The van der Waals surface area contributed by atoms with Crippen LogP contribution in [0.2, 0.25) is 0 Å². The third-order valence-electron chi connectivity index (χ3n) is 4.59. The Bertz CT molecular complexity index is 825. The van der Waals surface area contributed by atoms with Gasteiger partial charge >= 0.3 is 23.9 Å². The topological polar surface area (TPSA) is 154 Å². The molecule has 0 fully saturated rings. The Morgan fingerprint density at radius 1 is 0.971 bits per heavy atom. The number of halogens is 1. The molecule has 0 saturated heterocycles. The minimum Gasteiger partial charge on any atom is -0.481 e. The van der Waals surface area contributed by atoms with Gasteiger partial charge in [0.05, 0.1) is 0 Å². The van der Waals surface area contributed by atoms with Crippen LogP contribution in [-0.2, 0) is 25.7 Å². The Morgan fingerprint density at radius 2 is 1.59 bits per heavy atom. The van der Waals surface area contributed by atoms with Crippen LogP contribution in [-0.4, -0.2) is 58.4 Å². The van der Waals surface area contributed by atoms with Gasteiger partial charge in [-0.05, 0) is 93.3 Å². The predicted molar refractivity (Wildman–Crippen MR) is 134 cm³/mol. The molecule has 2 amide bonds. The van der Waals surface area contributed by atoms with Crippen molar-refractivity contribution in [3.63, 3.8) is 0 Å². The number of urea groups is 1. The van der Waals surface area contributed by atoms with Gasteiger partial charge in [0.1, 0.15) is 17.7 Å². The maximum Gasteiger partial charge on any atom is 0.329 e. The lowest BCUT2D eigenvalue weighted by Crippen LogP contribution is -2.52. The van der Waals surface area contributed by atoms with Gasteiger partial charge in [-0.25, -0.2) is 14.4 Å². The number of rotatable bonds is 14. The van der Waals surface area contributed by atoms with E-state index in [1.165, 1.54) is 9.13 Å². The van der Waals surface area contributed by atoms with Gasteiger partial charge in [-0.3, -0.25) is 4.79 Å². The van der Waals surface area contributed by atoms with Crippen molar-refractivity contribution >= 4 is 46.5 Å². The highest BCUT2D eigenvalue weighted by Gasteiger charge is 2.28. The summed E-state index contributed by atoms with van der Waals surface area (Å²) in [5, 5.41) is 26.0. The highest BCUT2D eigenvalue weighted by molar-refractivity contribution is 14.1. The molecule has 10 nitrogen and oxygen atoms in total. The smallest absolute Gasteiger partial charge is 0.329 e. The fourth-order valence-corrected chi connectivity index (χ4v) is 3.30. The third-order valence-corrected chi connectivity index (χ3v) is 5.30. The number of aliphatic carboxylic acids is 2. The molecule has 1 aromatic carbocycles. The van der Waals surface area contributed by atoms with Crippen LogP contribution in [0.1, 0.15) is 58.4 Å². The number of amides is 2. The molecule has 190 valence electrons. The highest BCUT2D eigenvalue weighted by Crippen LogP contribution is 2.12. The fraction of sp³-hybridized carbons (Fsp3) is 0.565. The van der Waals surface area contributed by atoms with Gasteiger partial charge < -0.3 is 30.9 Å². The number of carboxylic acid groups (broad SMARTS) is 2. The Kier molecular flexibility index (Phi) is 12.9. The van der Waals surface area contributed by atoms with Crippen LogP contribution in [0.15, 0.2) is 24.3 Å². The van der Waals surface area contributed by atoms with Crippen molar-refractivity contribution in [1.29, 1.82) is 0 Å². The number of carbonyl (C=O) groups excluding carboxylic acids is 2. The van der Waals surface area contributed by atoms with E-state index in [1.807, 2.05) is 12.1 Å². The molecule has 0 radical (unpaired) electrons. The second kappa shape index (κ2) is 14.8. The van der Waals surface area contributed by atoms with Crippen LogP contribution in [0, 0.1) is 3.57 Å². The second-order valence-corrected chi connectivity index (χ2v) is 10.1. The van der Waals surface area contributed by atoms with Crippen LogP contribution in [0.25, 0.3) is 0 Å². The van der Waals surface area contributed by atoms with Crippen LogP contribution >= 0.6 is 22.6 Å². The van der Waals surface area contributed by atoms with Gasteiger partial charge in [0.15, 0.2) is 0 Å². The summed E-state index contributed by atoms with van der Waals surface area (Å²) in [7, 11) is 0. The SMILES string of the molecule is CC(C)(C)OC(=O)[C@H](CCCCNCc1ccc(I)cc1)NC(=O)N[C@@H](CCC(=O)O)C(=O)O. The number of esters is 1. The summed E-state index contributed by atoms with van der Waals surface area (Å²) < 4.78 is 6.56. The van der Waals surface area contributed by atoms with Crippen molar-refractivity contribution in [3.8, 4) is 0 Å². The lowest BCUT2D eigenvalue weighted by molar-refractivity contribution is -0.157. The molecule has 2 atom stereocenters. The molecular weight excluding hydrogens is 557 g/mol. The lowest BCUT2D eigenvalue weighted by Gasteiger charge is -2.25. The fourth-order valence-electron chi connectivity index (χ4n) is 2.94. The number of carboxylic acids is 2. The second-order valence-electron chi connectivity index (χ2n) is 8.83. The molecule has 0 heterocycles. The number of hydrogen-bond donors (Lipinski definition) is 5. The van der Waals surface area contributed by atoms with Gasteiger partial charge in [-0.15, -0.1) is 0 Å². The van der Waals surface area contributed by atoms with Gasteiger partial charge in [0.25, 0.3) is 0 Å². The Balaban J connectivity index is 2.58. The first-order chi connectivity index (χ1) is 15.9. The number of ether oxygens (including phenoxy) is 1. The molecule has 0 aromatic heterocycles. The van der Waals surface area contributed by atoms with E-state index in [1.54, 1.807) is 20.8 Å². The molecule has 0 saturated carbocycles. The van der Waals surface area contributed by atoms with Gasteiger partial charge in [-0.2, -0.15) is 0 Å². The van der Waals surface area contributed by atoms with Crippen LogP contribution in [0.5, 0.6) is 0 Å². The van der Waals surface area contributed by atoms with Gasteiger partial charge in [0.2, 0.25) is 0 Å². The highest BCUT2D eigenvalue weighted by atomic mass is 127. The van der Waals surface area contributed by atoms with Crippen LogP contribution in [0.4, 0.5) is 4.79 Å². The summed E-state index contributed by atoms with van der Waals surface area (Å²) in [5.74, 6) is -3.15. The maximum atomic E-state index is 12.6. The van der Waals surface area contributed by atoms with E-state index >= 15 is 0 Å². The quantitative estimate of drug-likeness (QED) is 0.126. The predicted octanol–water partition coefficient (Wildman–Crippen LogP) is 2.88. The monoisotopic (exact) mass is 591 g/mol. The molecule has 1 aromatic rings. The number of unbranched alkanes of at least 4 members (excludes halogenated alkanes) is 1. The minimum absolute atomic E-state index is 0.276. The standard InChI is InChI=1S/C23H34IN3O7/c1-23(2,3)34-21(32)18(27-22(33)26-17(20(30)31)11-12-19(28)29)6-4-5-13-25-14-15-7-9-16(24)10-8-15/h7-10,17-18,25H,4-6,11-14H2,1-3H3,(H,28,29)(H,30,31)(H2,26,27,33)/t17-,18-/m0/s1. The van der Waals surface area contributed by atoms with Crippen LogP contribution in [0.3, 0.4) is 0 Å². The third kappa shape index (κ3) is 13.3. The molecule has 0 spiro atoms. The van der Waals surface area contributed by atoms with Crippen LogP contribution < -0.4 is 16.0 Å². The zero-order valence-electron chi connectivity index (χ0n) is 19.7. The molecule has 5 N–H and O–H groups in total. The Hall–Kier alpha value is -2.41. The van der Waals surface area contributed by atoms with E-state index in [-0.39, 0.29) is 6.42 Å². The summed E-state index contributed by atoms with van der Waals surface area (Å²) >= 11 is 2.25. The molecule has 0 bridgehead atoms. The van der Waals surface area contributed by atoms with Crippen molar-refractivity contribution in [1.82, 2.24) is 16.0 Å². The van der Waals surface area contributed by atoms with Gasteiger partial charge in [-0.1, -0.05) is 12.1 Å². The van der Waals surface area contributed by atoms with E-state index in [0.29, 0.717) is 12.8 Å². The summed E-state index contributed by atoms with van der Waals surface area (Å²) in [5.41, 5.74) is 0.412. The van der Waals surface area contributed by atoms with E-state index in [0.717, 1.165) is 19.5 Å². The van der Waals surface area contributed by atoms with E-state index < -0.39 is 48.0 Å². The number of carbonyl (C=O) groups is 4. The number of nitrogens with one attached hydrogen (secondary N) is 3. The molecule has 34 heavy (non-hydrogen) atoms. The lowest BCUT2D eigenvalue weighted by atomic mass is 10.1. The summed E-state index contributed by atoms with van der Waals surface area (Å²) in [6.45, 7) is 6.57. The first-order valence-corrected chi connectivity index (χ1v) is 12.1. The van der Waals surface area contributed by atoms with Crippen molar-refractivity contribution in [2.75, 3.05) is 6.54 Å². The van der Waals surface area contributed by atoms with E-state index in [9.17, 15) is 24.3 Å². The van der Waals surface area contributed by atoms with Crippen molar-refractivity contribution in [3.05, 3.63) is 33.4 Å². The normalized spacial score (nSPS) is 12.9. The van der Waals surface area contributed by atoms with Gasteiger partial charge in [0, 0.05) is 16.5 Å². The maximum absolute atomic E-state index is 12.6. The van der Waals surface area contributed by atoms with Crippen molar-refractivity contribution < 1.29 is 34.1 Å². The zero-order chi connectivity index (χ0) is 25.7. The summed E-state index contributed by atoms with van der Waals surface area (Å²) in [6.07, 6.45) is 0.984. The molecule has 0 aliphatic carbocycles. The molecule has 11 heteroatoms. The molecule has 0 aliphatic heterocycles. The molecule has 0 aliphatic rings. The van der Waals surface area contributed by atoms with Crippen molar-refractivity contribution in [2.24, 2.45) is 0 Å².